The highest BCUT2D eigenvalue weighted by atomic mass is 16.5. The molecule has 0 spiro atoms. The normalized spacial score (nSPS) is 15.7. The molecule has 0 saturated carbocycles. The van der Waals surface area contributed by atoms with E-state index in [0.29, 0.717) is 11.9 Å². The fourth-order valence-electron chi connectivity index (χ4n) is 5.12. The molecule has 200 valence electrons. The molecule has 1 aliphatic heterocycles. The van der Waals surface area contributed by atoms with Gasteiger partial charge in [-0.1, -0.05) is 6.07 Å². The maximum Gasteiger partial charge on any atom is 0.144 e. The molecule has 0 bridgehead atoms. The van der Waals surface area contributed by atoms with Crippen LogP contribution >= 0.6 is 0 Å². The van der Waals surface area contributed by atoms with E-state index in [0.717, 1.165) is 77.6 Å². The summed E-state index contributed by atoms with van der Waals surface area (Å²) in [5.41, 5.74) is 5.86. The number of hydrogen-bond donors (Lipinski definition) is 2. The Morgan fingerprint density at radius 3 is 2.76 bits per heavy atom. The Bertz CT molecular complexity index is 1410. The highest BCUT2D eigenvalue weighted by molar-refractivity contribution is 5.85. The molecule has 1 aliphatic rings. The number of anilines is 4. The number of methoxy groups -OCH3 is 2. The van der Waals surface area contributed by atoms with Gasteiger partial charge in [0, 0.05) is 77.0 Å². The first-order valence-electron chi connectivity index (χ1n) is 12.9. The van der Waals surface area contributed by atoms with E-state index in [-0.39, 0.29) is 0 Å². The number of ether oxygens (including phenoxy) is 2. The summed E-state index contributed by atoms with van der Waals surface area (Å²) in [7, 11) is 9.49. The van der Waals surface area contributed by atoms with E-state index in [4.69, 9.17) is 9.47 Å². The van der Waals surface area contributed by atoms with E-state index in [1.165, 1.54) is 0 Å². The van der Waals surface area contributed by atoms with Crippen LogP contribution in [-0.4, -0.2) is 85.2 Å². The fraction of sp³-hybridized carbons (Fsp3) is 0.393. The number of aryl methyl sites for hydroxylation is 1. The van der Waals surface area contributed by atoms with Gasteiger partial charge in [0.2, 0.25) is 0 Å². The van der Waals surface area contributed by atoms with Crippen LogP contribution in [0.3, 0.4) is 0 Å². The smallest absolute Gasteiger partial charge is 0.144 e. The van der Waals surface area contributed by atoms with Gasteiger partial charge in [0.15, 0.2) is 0 Å². The molecule has 38 heavy (non-hydrogen) atoms. The van der Waals surface area contributed by atoms with Crippen molar-refractivity contribution >= 4 is 33.8 Å². The van der Waals surface area contributed by atoms with Crippen LogP contribution in [0.4, 0.5) is 22.9 Å². The third kappa shape index (κ3) is 5.23. The molecular formula is C28H36N8O2. The number of benzene rings is 2. The Morgan fingerprint density at radius 2 is 1.97 bits per heavy atom. The van der Waals surface area contributed by atoms with E-state index in [9.17, 15) is 0 Å². The molecule has 1 atom stereocenters. The van der Waals surface area contributed by atoms with Crippen molar-refractivity contribution < 1.29 is 9.47 Å². The van der Waals surface area contributed by atoms with Gasteiger partial charge in [-0.15, -0.1) is 0 Å². The van der Waals surface area contributed by atoms with Gasteiger partial charge in [0.25, 0.3) is 0 Å². The van der Waals surface area contributed by atoms with E-state index in [2.05, 4.69) is 72.9 Å². The van der Waals surface area contributed by atoms with Crippen molar-refractivity contribution in [3.05, 3.63) is 48.9 Å². The third-order valence-corrected chi connectivity index (χ3v) is 7.35. The van der Waals surface area contributed by atoms with Crippen LogP contribution in [0, 0.1) is 0 Å². The molecule has 1 fully saturated rings. The lowest BCUT2D eigenvalue weighted by atomic mass is 10.1. The monoisotopic (exact) mass is 516 g/mol. The van der Waals surface area contributed by atoms with Crippen LogP contribution in [0.5, 0.6) is 5.75 Å². The van der Waals surface area contributed by atoms with Crippen LogP contribution in [0.15, 0.2) is 48.9 Å². The molecule has 4 aromatic rings. The van der Waals surface area contributed by atoms with Gasteiger partial charge in [0.05, 0.1) is 48.2 Å². The third-order valence-electron chi connectivity index (χ3n) is 7.35. The summed E-state index contributed by atoms with van der Waals surface area (Å²) in [6.45, 7) is 3.81. The molecule has 10 nitrogen and oxygen atoms in total. The molecule has 1 saturated heterocycles. The van der Waals surface area contributed by atoms with Gasteiger partial charge in [-0.05, 0) is 24.6 Å². The quantitative estimate of drug-likeness (QED) is 0.325. The first kappa shape index (κ1) is 25.7. The summed E-state index contributed by atoms with van der Waals surface area (Å²) in [6.07, 6.45) is 4.55. The molecule has 0 radical (unpaired) electrons. The predicted molar refractivity (Wildman–Crippen MR) is 153 cm³/mol. The minimum atomic E-state index is 0.420. The number of nitrogens with one attached hydrogen (secondary N) is 2. The Kier molecular flexibility index (Phi) is 7.62. The van der Waals surface area contributed by atoms with E-state index in [1.54, 1.807) is 20.5 Å². The molecule has 2 aromatic carbocycles. The van der Waals surface area contributed by atoms with Crippen molar-refractivity contribution in [3.8, 4) is 17.0 Å². The van der Waals surface area contributed by atoms with Crippen LogP contribution < -0.4 is 20.3 Å². The minimum absolute atomic E-state index is 0.420. The van der Waals surface area contributed by atoms with Crippen molar-refractivity contribution in [3.63, 3.8) is 0 Å². The Hall–Kier alpha value is -3.89. The van der Waals surface area contributed by atoms with Crippen LogP contribution in [0.2, 0.25) is 0 Å². The average molecular weight is 517 g/mol. The lowest BCUT2D eigenvalue weighted by molar-refractivity contribution is 0.160. The lowest BCUT2D eigenvalue weighted by Crippen LogP contribution is -2.35. The molecule has 3 heterocycles. The van der Waals surface area contributed by atoms with Crippen LogP contribution in [-0.2, 0) is 11.8 Å². The molecular weight excluding hydrogens is 480 g/mol. The molecule has 1 unspecified atom stereocenters. The largest absolute Gasteiger partial charge is 0.494 e. The Morgan fingerprint density at radius 1 is 1.11 bits per heavy atom. The average Bonchev–Trinajstić information content (AvgIpc) is 3.58. The highest BCUT2D eigenvalue weighted by Gasteiger charge is 2.27. The van der Waals surface area contributed by atoms with Gasteiger partial charge in [-0.2, -0.15) is 5.10 Å². The second kappa shape index (κ2) is 11.2. The predicted octanol–water partition coefficient (Wildman–Crippen LogP) is 3.98. The van der Waals surface area contributed by atoms with Crippen molar-refractivity contribution in [1.29, 1.82) is 0 Å². The lowest BCUT2D eigenvalue weighted by Gasteiger charge is -2.30. The summed E-state index contributed by atoms with van der Waals surface area (Å²) >= 11 is 0. The number of hydrogen-bond acceptors (Lipinski definition) is 9. The zero-order valence-electron chi connectivity index (χ0n) is 22.7. The molecule has 0 aliphatic carbocycles. The summed E-state index contributed by atoms with van der Waals surface area (Å²) in [6, 6.07) is 12.7. The first-order valence-corrected chi connectivity index (χ1v) is 12.9. The maximum atomic E-state index is 5.81. The van der Waals surface area contributed by atoms with Gasteiger partial charge in [-0.3, -0.25) is 9.58 Å². The van der Waals surface area contributed by atoms with E-state index in [1.807, 2.05) is 31.0 Å². The summed E-state index contributed by atoms with van der Waals surface area (Å²) in [5, 5.41) is 12.2. The molecule has 10 heteroatoms. The van der Waals surface area contributed by atoms with Crippen LogP contribution in [0.25, 0.3) is 22.2 Å². The van der Waals surface area contributed by atoms with Crippen molar-refractivity contribution in [1.82, 2.24) is 24.6 Å². The number of likely N-dealkylation sites (N-methyl/N-ethyl adjacent to an activating group) is 1. The highest BCUT2D eigenvalue weighted by Crippen LogP contribution is 2.39. The Balaban J connectivity index is 1.38. The molecule has 2 N–H and O–H groups in total. The van der Waals surface area contributed by atoms with Crippen molar-refractivity contribution in [2.45, 2.75) is 12.5 Å². The topological polar surface area (TPSA) is 92.6 Å². The van der Waals surface area contributed by atoms with Crippen LogP contribution in [0.1, 0.15) is 6.42 Å². The van der Waals surface area contributed by atoms with Gasteiger partial charge in [0.1, 0.15) is 17.9 Å². The van der Waals surface area contributed by atoms with Crippen molar-refractivity contribution in [2.75, 3.05) is 70.1 Å². The second-order valence-electron chi connectivity index (χ2n) is 9.62. The van der Waals surface area contributed by atoms with Gasteiger partial charge >= 0.3 is 0 Å². The minimum Gasteiger partial charge on any atom is -0.494 e. The zero-order chi connectivity index (χ0) is 26.6. The van der Waals surface area contributed by atoms with Crippen molar-refractivity contribution in [2.24, 2.45) is 7.05 Å². The standard InChI is InChI=1S/C28H36N8O2/c1-29-23-13-24(27(38-5)15-26(23)34(2)21-8-9-36(17-21)10-11-37-4)33-28-14-22(30-18-31-28)19-6-7-25-20(12-19)16-32-35(25)3/h6-7,12-16,18,21,29H,8-11,17H2,1-5H3,(H,30,31,33). The number of nitrogens with zero attached hydrogens (tertiary/aromatic N) is 6. The van der Waals surface area contributed by atoms with E-state index < -0.39 is 0 Å². The first-order chi connectivity index (χ1) is 18.5. The molecule has 5 rings (SSSR count). The zero-order valence-corrected chi connectivity index (χ0v) is 22.7. The van der Waals surface area contributed by atoms with Gasteiger partial charge in [-0.25, -0.2) is 9.97 Å². The Labute approximate surface area is 223 Å². The van der Waals surface area contributed by atoms with E-state index >= 15 is 0 Å². The summed E-state index contributed by atoms with van der Waals surface area (Å²) in [5.74, 6) is 1.43. The molecule has 2 aromatic heterocycles. The number of likely N-dealkylation sites (tertiary alicyclic amines) is 1. The second-order valence-corrected chi connectivity index (χ2v) is 9.62. The summed E-state index contributed by atoms with van der Waals surface area (Å²) in [4.78, 5) is 13.8. The van der Waals surface area contributed by atoms with Gasteiger partial charge < -0.3 is 25.0 Å². The maximum absolute atomic E-state index is 5.81. The SMILES string of the molecule is CNc1cc(Nc2cc(-c3ccc4c(cnn4C)c3)ncn2)c(OC)cc1N(C)C1CCN(CCOC)C1. The fourth-order valence-corrected chi connectivity index (χ4v) is 5.12. The molecule has 0 amide bonds. The number of rotatable bonds is 10. The summed E-state index contributed by atoms with van der Waals surface area (Å²) < 4.78 is 12.9. The number of fused-ring (bicyclic) bond motifs is 1. The number of aromatic nitrogens is 4.